The maximum Gasteiger partial charge on any atom is 0.417 e. The Balaban J connectivity index is 1.55. The lowest BCUT2D eigenvalue weighted by atomic mass is 9.86. The van der Waals surface area contributed by atoms with Crippen LogP contribution in [0, 0.1) is 12.8 Å². The van der Waals surface area contributed by atoms with Crippen molar-refractivity contribution in [3.05, 3.63) is 71.6 Å². The van der Waals surface area contributed by atoms with E-state index in [9.17, 15) is 18.0 Å². The van der Waals surface area contributed by atoms with E-state index in [-0.39, 0.29) is 17.9 Å². The predicted octanol–water partition coefficient (Wildman–Crippen LogP) is 4.86. The maximum atomic E-state index is 13.7. The van der Waals surface area contributed by atoms with E-state index in [1.54, 1.807) is 11.0 Å². The van der Waals surface area contributed by atoms with Crippen molar-refractivity contribution in [3.8, 4) is 5.69 Å². The second kappa shape index (κ2) is 9.33. The van der Waals surface area contributed by atoms with Crippen LogP contribution in [0.3, 0.4) is 0 Å². The highest BCUT2D eigenvalue weighted by molar-refractivity contribution is 5.98. The molecule has 0 N–H and O–H groups in total. The van der Waals surface area contributed by atoms with Crippen molar-refractivity contribution >= 4 is 5.91 Å². The molecule has 4 rings (SSSR count). The summed E-state index contributed by atoms with van der Waals surface area (Å²) in [5, 5.41) is 4.19. The van der Waals surface area contributed by atoms with Gasteiger partial charge in [0.05, 0.1) is 16.8 Å². The number of carbonyl (C=O) groups is 1. The lowest BCUT2D eigenvalue weighted by molar-refractivity contribution is -0.137. The lowest BCUT2D eigenvalue weighted by Crippen LogP contribution is -2.48. The van der Waals surface area contributed by atoms with Crippen molar-refractivity contribution in [2.24, 2.45) is 5.92 Å². The molecule has 0 unspecified atom stereocenters. The number of aromatic nitrogens is 4. The average Bonchev–Trinajstić information content (AvgIpc) is 3.32. The maximum absolute atomic E-state index is 13.7. The second-order valence-electron chi connectivity index (χ2n) is 8.62. The number of halogens is 3. The Morgan fingerprint density at radius 1 is 1.21 bits per heavy atom. The van der Waals surface area contributed by atoms with Crippen LogP contribution in [0.15, 0.2) is 49.2 Å². The normalized spacial score (nSPS) is 19.0. The van der Waals surface area contributed by atoms with Crippen LogP contribution in [0.5, 0.6) is 0 Å². The molecule has 1 aliphatic rings. The van der Waals surface area contributed by atoms with Crippen LogP contribution < -0.4 is 0 Å². The highest BCUT2D eigenvalue weighted by Crippen LogP contribution is 2.31. The molecule has 1 amide bonds. The Hall–Kier alpha value is -3.23. The van der Waals surface area contributed by atoms with Gasteiger partial charge in [0.2, 0.25) is 0 Å². The van der Waals surface area contributed by atoms with Crippen molar-refractivity contribution in [2.45, 2.75) is 51.7 Å². The van der Waals surface area contributed by atoms with E-state index < -0.39 is 11.7 Å². The van der Waals surface area contributed by atoms with Gasteiger partial charge >= 0.3 is 6.18 Å². The number of likely N-dealkylation sites (tertiary alicyclic amines) is 1. The largest absolute Gasteiger partial charge is 0.417 e. The molecule has 1 fully saturated rings. The number of hydrogen-bond donors (Lipinski definition) is 0. The second-order valence-corrected chi connectivity index (χ2v) is 8.62. The third-order valence-corrected chi connectivity index (χ3v) is 6.27. The molecule has 0 bridgehead atoms. The summed E-state index contributed by atoms with van der Waals surface area (Å²) in [6.07, 6.45) is 2.51. The van der Waals surface area contributed by atoms with Crippen molar-refractivity contribution in [1.29, 1.82) is 0 Å². The molecule has 6 nitrogen and oxygen atoms in total. The fourth-order valence-corrected chi connectivity index (χ4v) is 4.49. The van der Waals surface area contributed by atoms with E-state index in [0.717, 1.165) is 30.7 Å². The van der Waals surface area contributed by atoms with E-state index in [1.165, 1.54) is 12.4 Å². The van der Waals surface area contributed by atoms with E-state index in [4.69, 9.17) is 0 Å². The minimum absolute atomic E-state index is 0.0283. The molecule has 0 radical (unpaired) electrons. The zero-order valence-corrected chi connectivity index (χ0v) is 18.6. The molecule has 1 aliphatic heterocycles. The molecule has 0 spiro atoms. The number of nitrogens with zero attached hydrogens (tertiary/aromatic N) is 5. The quantitative estimate of drug-likeness (QED) is 0.549. The van der Waals surface area contributed by atoms with Gasteiger partial charge in [0.25, 0.3) is 5.91 Å². The monoisotopic (exact) mass is 457 g/mol. The summed E-state index contributed by atoms with van der Waals surface area (Å²) in [5.74, 6) is 0.206. The van der Waals surface area contributed by atoms with Crippen LogP contribution >= 0.6 is 0 Å². The molecule has 2 aromatic heterocycles. The first-order valence-corrected chi connectivity index (χ1v) is 11.0. The Kier molecular flexibility index (Phi) is 6.49. The van der Waals surface area contributed by atoms with Crippen molar-refractivity contribution in [2.75, 3.05) is 6.54 Å². The molecule has 9 heteroatoms. The van der Waals surface area contributed by atoms with Crippen LogP contribution in [0.25, 0.3) is 5.69 Å². The summed E-state index contributed by atoms with van der Waals surface area (Å²) in [6, 6.07) is 8.12. The number of amides is 1. The van der Waals surface area contributed by atoms with Crippen LogP contribution in [0.2, 0.25) is 0 Å². The van der Waals surface area contributed by atoms with Crippen molar-refractivity contribution in [3.63, 3.8) is 0 Å². The van der Waals surface area contributed by atoms with Gasteiger partial charge in [-0.25, -0.2) is 9.67 Å². The fraction of sp³-hybridized carbons (Fsp3) is 0.417. The zero-order valence-electron chi connectivity index (χ0n) is 18.6. The molecule has 0 saturated carbocycles. The first kappa shape index (κ1) is 22.9. The number of pyridine rings is 1. The van der Waals surface area contributed by atoms with Crippen molar-refractivity contribution in [1.82, 2.24) is 24.6 Å². The molecule has 1 aromatic carbocycles. The number of aryl methyl sites for hydroxylation is 2. The summed E-state index contributed by atoms with van der Waals surface area (Å²) < 4.78 is 40.0. The molecular formula is C24H26F3N5O. The van der Waals surface area contributed by atoms with E-state index >= 15 is 0 Å². The zero-order chi connectivity index (χ0) is 23.6. The summed E-state index contributed by atoms with van der Waals surface area (Å²) in [4.78, 5) is 23.6. The Morgan fingerprint density at radius 2 is 2.03 bits per heavy atom. The topological polar surface area (TPSA) is 63.9 Å². The lowest BCUT2D eigenvalue weighted by Gasteiger charge is -2.40. The highest BCUT2D eigenvalue weighted by Gasteiger charge is 2.34. The number of piperidine rings is 1. The molecule has 33 heavy (non-hydrogen) atoms. The Morgan fingerprint density at radius 3 is 2.70 bits per heavy atom. The summed E-state index contributed by atoms with van der Waals surface area (Å²) in [7, 11) is 0. The van der Waals surface area contributed by atoms with Gasteiger partial charge in [0.15, 0.2) is 0 Å². The van der Waals surface area contributed by atoms with Crippen LogP contribution in [-0.4, -0.2) is 43.1 Å². The standard InChI is InChI=1S/C24H26F3N5O/c1-16-5-9-22(32-15-28-14-30-32)20(12-16)23(33)31-11-3-4-17(2)21(31)10-8-19-7-6-18(13-29-19)24(25,26)27/h5-7,9,12-15,17,21H,3-4,8,10-11H2,1-2H3/t17-,21-/m1/s1. The summed E-state index contributed by atoms with van der Waals surface area (Å²) in [6.45, 7) is 4.70. The van der Waals surface area contributed by atoms with Gasteiger partial charge in [-0.1, -0.05) is 18.6 Å². The predicted molar refractivity (Wildman–Crippen MR) is 117 cm³/mol. The van der Waals surface area contributed by atoms with Gasteiger partial charge in [-0.2, -0.15) is 18.3 Å². The average molecular weight is 458 g/mol. The molecule has 174 valence electrons. The molecule has 3 aromatic rings. The van der Waals surface area contributed by atoms with E-state index in [2.05, 4.69) is 22.0 Å². The number of hydrogen-bond acceptors (Lipinski definition) is 4. The third-order valence-electron chi connectivity index (χ3n) is 6.27. The van der Waals surface area contributed by atoms with Gasteiger partial charge in [-0.15, -0.1) is 0 Å². The number of rotatable bonds is 5. The number of alkyl halides is 3. The van der Waals surface area contributed by atoms with Crippen LogP contribution in [0.1, 0.15) is 53.4 Å². The first-order chi connectivity index (χ1) is 15.7. The number of carbonyl (C=O) groups excluding carboxylic acids is 1. The van der Waals surface area contributed by atoms with Gasteiger partial charge < -0.3 is 4.90 Å². The van der Waals surface area contributed by atoms with Gasteiger partial charge in [0.1, 0.15) is 12.7 Å². The van der Waals surface area contributed by atoms with Gasteiger partial charge in [0, 0.05) is 24.5 Å². The first-order valence-electron chi connectivity index (χ1n) is 11.0. The molecule has 2 atom stereocenters. The highest BCUT2D eigenvalue weighted by atomic mass is 19.4. The SMILES string of the molecule is Cc1ccc(-n2cncn2)c(C(=O)N2CCC[C@@H](C)[C@H]2CCc2ccc(C(F)(F)F)cn2)c1. The minimum atomic E-state index is -4.40. The van der Waals surface area contributed by atoms with Crippen molar-refractivity contribution < 1.29 is 18.0 Å². The molecular weight excluding hydrogens is 431 g/mol. The van der Waals surface area contributed by atoms with Gasteiger partial charge in [-0.3, -0.25) is 9.78 Å². The summed E-state index contributed by atoms with van der Waals surface area (Å²) in [5.41, 5.74) is 2.04. The molecule has 1 saturated heterocycles. The summed E-state index contributed by atoms with van der Waals surface area (Å²) >= 11 is 0. The minimum Gasteiger partial charge on any atom is -0.335 e. The fourth-order valence-electron chi connectivity index (χ4n) is 4.49. The Labute approximate surface area is 190 Å². The van der Waals surface area contributed by atoms with Crippen LogP contribution in [0.4, 0.5) is 13.2 Å². The number of benzene rings is 1. The van der Waals surface area contributed by atoms with E-state index in [0.29, 0.717) is 36.3 Å². The van der Waals surface area contributed by atoms with E-state index in [1.807, 2.05) is 30.0 Å². The van der Waals surface area contributed by atoms with Gasteiger partial charge in [-0.05, 0) is 62.8 Å². The van der Waals surface area contributed by atoms with Crippen LogP contribution in [-0.2, 0) is 12.6 Å². The smallest absolute Gasteiger partial charge is 0.335 e. The third kappa shape index (κ3) is 5.07. The molecule has 0 aliphatic carbocycles. The molecule has 3 heterocycles. The Bertz CT molecular complexity index is 1100.